The summed E-state index contributed by atoms with van der Waals surface area (Å²) in [5, 5.41) is 11.2. The highest BCUT2D eigenvalue weighted by Gasteiger charge is 2.54. The van der Waals surface area contributed by atoms with Crippen molar-refractivity contribution < 1.29 is 22.7 Å². The first-order valence-electron chi connectivity index (χ1n) is 8.16. The fraction of sp³-hybridized carbons (Fsp3) is 0.474. The highest BCUT2D eigenvalue weighted by Crippen LogP contribution is 2.53. The van der Waals surface area contributed by atoms with Crippen LogP contribution in [0, 0.1) is 11.7 Å². The van der Waals surface area contributed by atoms with Crippen LogP contribution in [0.3, 0.4) is 0 Å². The molecule has 0 spiro atoms. The van der Waals surface area contributed by atoms with Gasteiger partial charge >= 0.3 is 6.18 Å². The number of halogens is 4. The molecular formula is C19H20F4O. The summed E-state index contributed by atoms with van der Waals surface area (Å²) in [5.41, 5.74) is -1.63. The van der Waals surface area contributed by atoms with Crippen LogP contribution in [0.1, 0.15) is 37.7 Å². The maximum Gasteiger partial charge on any atom is 0.391 e. The second-order valence-electron chi connectivity index (χ2n) is 6.82. The van der Waals surface area contributed by atoms with Crippen LogP contribution in [-0.4, -0.2) is 16.9 Å². The van der Waals surface area contributed by atoms with Gasteiger partial charge in [0, 0.05) is 5.41 Å². The van der Waals surface area contributed by atoms with Crippen molar-refractivity contribution in [3.05, 3.63) is 60.0 Å². The minimum Gasteiger partial charge on any atom is -0.385 e. The molecule has 24 heavy (non-hydrogen) atoms. The predicted molar refractivity (Wildman–Crippen MR) is 83.9 cm³/mol. The molecule has 1 unspecified atom stereocenters. The molecule has 1 atom stereocenters. The molecule has 1 aromatic carbocycles. The highest BCUT2D eigenvalue weighted by molar-refractivity contribution is 5.37. The Morgan fingerprint density at radius 3 is 2.33 bits per heavy atom. The lowest BCUT2D eigenvalue weighted by atomic mass is 9.56. The SMILES string of the molecule is OC1(C2(c3cccc(F)c3)CCC(C(F)(F)F)CC2)C=CC=CC1. The molecule has 1 nitrogen and oxygen atoms in total. The maximum absolute atomic E-state index is 13.8. The second-order valence-corrected chi connectivity index (χ2v) is 6.82. The van der Waals surface area contributed by atoms with Crippen molar-refractivity contribution in [3.8, 4) is 0 Å². The zero-order chi connectivity index (χ0) is 17.4. The minimum atomic E-state index is -4.22. The lowest BCUT2D eigenvalue weighted by molar-refractivity contribution is -0.189. The van der Waals surface area contributed by atoms with Gasteiger partial charge in [0.25, 0.3) is 0 Å². The largest absolute Gasteiger partial charge is 0.391 e. The number of rotatable bonds is 2. The molecule has 0 aromatic heterocycles. The lowest BCUT2D eigenvalue weighted by Gasteiger charge is -2.50. The molecule has 3 rings (SSSR count). The van der Waals surface area contributed by atoms with Gasteiger partial charge in [-0.2, -0.15) is 13.2 Å². The first-order valence-corrected chi connectivity index (χ1v) is 8.16. The molecule has 0 radical (unpaired) electrons. The lowest BCUT2D eigenvalue weighted by Crippen LogP contribution is -2.53. The first-order chi connectivity index (χ1) is 11.3. The maximum atomic E-state index is 13.8. The fourth-order valence-electron chi connectivity index (χ4n) is 4.16. The Bertz CT molecular complexity index is 654. The van der Waals surface area contributed by atoms with Crippen LogP contribution in [0.5, 0.6) is 0 Å². The quantitative estimate of drug-likeness (QED) is 0.746. The number of benzene rings is 1. The van der Waals surface area contributed by atoms with Crippen molar-refractivity contribution in [1.82, 2.24) is 0 Å². The van der Waals surface area contributed by atoms with Crippen LogP contribution < -0.4 is 0 Å². The third kappa shape index (κ3) is 2.90. The second kappa shape index (κ2) is 6.03. The number of alkyl halides is 3. The van der Waals surface area contributed by atoms with Crippen LogP contribution in [0.15, 0.2) is 48.6 Å². The Morgan fingerprint density at radius 2 is 1.79 bits per heavy atom. The van der Waals surface area contributed by atoms with Gasteiger partial charge in [0.2, 0.25) is 0 Å². The van der Waals surface area contributed by atoms with E-state index in [-0.39, 0.29) is 25.7 Å². The summed E-state index contributed by atoms with van der Waals surface area (Å²) in [5.74, 6) is -1.80. The third-order valence-corrected chi connectivity index (χ3v) is 5.56. The summed E-state index contributed by atoms with van der Waals surface area (Å²) in [6.45, 7) is 0. The molecule has 0 saturated heterocycles. The van der Waals surface area contributed by atoms with E-state index in [1.807, 2.05) is 0 Å². The van der Waals surface area contributed by atoms with E-state index in [2.05, 4.69) is 0 Å². The Labute approximate surface area is 138 Å². The van der Waals surface area contributed by atoms with Crippen LogP contribution in [0.2, 0.25) is 0 Å². The van der Waals surface area contributed by atoms with Crippen LogP contribution in [0.25, 0.3) is 0 Å². The van der Waals surface area contributed by atoms with Crippen molar-refractivity contribution in [1.29, 1.82) is 0 Å². The van der Waals surface area contributed by atoms with Crippen LogP contribution in [-0.2, 0) is 5.41 Å². The monoisotopic (exact) mass is 340 g/mol. The summed E-state index contributed by atoms with van der Waals surface area (Å²) in [4.78, 5) is 0. The van der Waals surface area contributed by atoms with Crippen molar-refractivity contribution in [2.24, 2.45) is 5.92 Å². The van der Waals surface area contributed by atoms with Crippen molar-refractivity contribution >= 4 is 0 Å². The fourth-order valence-corrected chi connectivity index (χ4v) is 4.16. The summed E-state index contributed by atoms with van der Waals surface area (Å²) < 4.78 is 52.9. The molecule has 2 aliphatic rings. The van der Waals surface area contributed by atoms with E-state index in [1.54, 1.807) is 36.4 Å². The molecule has 0 amide bonds. The first kappa shape index (κ1) is 17.2. The van der Waals surface area contributed by atoms with Gasteiger partial charge in [0.05, 0.1) is 11.5 Å². The van der Waals surface area contributed by atoms with Crippen molar-refractivity contribution in [3.63, 3.8) is 0 Å². The molecule has 1 saturated carbocycles. The van der Waals surface area contributed by atoms with Crippen LogP contribution >= 0.6 is 0 Å². The molecule has 0 bridgehead atoms. The van der Waals surface area contributed by atoms with Gasteiger partial charge in [-0.15, -0.1) is 0 Å². The van der Waals surface area contributed by atoms with E-state index in [0.29, 0.717) is 12.0 Å². The van der Waals surface area contributed by atoms with Gasteiger partial charge in [-0.05, 0) is 49.8 Å². The summed E-state index contributed by atoms with van der Waals surface area (Å²) >= 11 is 0. The predicted octanol–water partition coefficient (Wildman–Crippen LogP) is 5.06. The molecule has 0 heterocycles. The average molecular weight is 340 g/mol. The highest BCUT2D eigenvalue weighted by atomic mass is 19.4. The van der Waals surface area contributed by atoms with Crippen molar-refractivity contribution in [2.45, 2.75) is 49.3 Å². The smallest absolute Gasteiger partial charge is 0.385 e. The standard InChI is InChI=1S/C19H20F4O/c20-16-6-4-5-15(13-16)17(18(24)9-2-1-3-10-18)11-7-14(8-12-17)19(21,22)23/h1-6,9,13-14,24H,7-8,10-12H2. The zero-order valence-corrected chi connectivity index (χ0v) is 13.2. The summed E-state index contributed by atoms with van der Waals surface area (Å²) in [6.07, 6.45) is 3.29. The summed E-state index contributed by atoms with van der Waals surface area (Å²) in [6, 6.07) is 5.91. The van der Waals surface area contributed by atoms with E-state index in [4.69, 9.17) is 0 Å². The molecule has 1 aromatic rings. The van der Waals surface area contributed by atoms with Gasteiger partial charge in [-0.25, -0.2) is 4.39 Å². The van der Waals surface area contributed by atoms with Gasteiger partial charge in [-0.3, -0.25) is 0 Å². The number of allylic oxidation sites excluding steroid dienone is 2. The van der Waals surface area contributed by atoms with Crippen LogP contribution in [0.4, 0.5) is 17.6 Å². The minimum absolute atomic E-state index is 0.0557. The molecule has 1 fully saturated rings. The van der Waals surface area contributed by atoms with Gasteiger partial charge in [0.15, 0.2) is 0 Å². The molecule has 5 heteroatoms. The Hall–Kier alpha value is -1.62. The number of hydrogen-bond acceptors (Lipinski definition) is 1. The van der Waals surface area contributed by atoms with E-state index >= 15 is 0 Å². The molecule has 1 N–H and O–H groups in total. The number of aliphatic hydroxyl groups is 1. The Morgan fingerprint density at radius 1 is 1.08 bits per heavy atom. The summed E-state index contributed by atoms with van der Waals surface area (Å²) in [7, 11) is 0. The molecular weight excluding hydrogens is 320 g/mol. The zero-order valence-electron chi connectivity index (χ0n) is 13.2. The van der Waals surface area contributed by atoms with Crippen molar-refractivity contribution in [2.75, 3.05) is 0 Å². The molecule has 130 valence electrons. The van der Waals surface area contributed by atoms with E-state index in [0.717, 1.165) is 0 Å². The normalized spacial score (nSPS) is 33.6. The van der Waals surface area contributed by atoms with E-state index in [1.165, 1.54) is 12.1 Å². The van der Waals surface area contributed by atoms with E-state index < -0.39 is 28.9 Å². The van der Waals surface area contributed by atoms with Gasteiger partial charge < -0.3 is 5.11 Å². The number of hydrogen-bond donors (Lipinski definition) is 1. The average Bonchev–Trinajstić information content (AvgIpc) is 2.54. The molecule has 2 aliphatic carbocycles. The van der Waals surface area contributed by atoms with Gasteiger partial charge in [0.1, 0.15) is 5.82 Å². The Balaban J connectivity index is 2.01. The topological polar surface area (TPSA) is 20.2 Å². The van der Waals surface area contributed by atoms with Gasteiger partial charge in [-0.1, -0.05) is 36.4 Å². The third-order valence-electron chi connectivity index (χ3n) is 5.56. The molecule has 0 aliphatic heterocycles. The van der Waals surface area contributed by atoms with E-state index in [9.17, 15) is 22.7 Å². The Kier molecular flexibility index (Phi) is 4.32.